The van der Waals surface area contributed by atoms with Crippen molar-refractivity contribution in [1.82, 2.24) is 14.5 Å². The number of aromatic nitrogens is 3. The van der Waals surface area contributed by atoms with Crippen LogP contribution in [0.4, 0.5) is 0 Å². The Bertz CT molecular complexity index is 830. The minimum atomic E-state index is 0.556. The molecule has 0 aliphatic rings. The van der Waals surface area contributed by atoms with Crippen LogP contribution in [0, 0.1) is 0 Å². The van der Waals surface area contributed by atoms with Gasteiger partial charge in [0.1, 0.15) is 17.3 Å². The van der Waals surface area contributed by atoms with Crippen molar-refractivity contribution in [2.75, 3.05) is 21.3 Å². The summed E-state index contributed by atoms with van der Waals surface area (Å²) in [6.07, 6.45) is 5.41. The third-order valence-corrected chi connectivity index (χ3v) is 3.75. The van der Waals surface area contributed by atoms with Gasteiger partial charge in [-0.05, 0) is 24.3 Å². The Balaban J connectivity index is 1.96. The topological polar surface area (TPSA) is 58.4 Å². The van der Waals surface area contributed by atoms with Gasteiger partial charge < -0.3 is 18.8 Å². The average molecular weight is 325 g/mol. The van der Waals surface area contributed by atoms with Gasteiger partial charge in [-0.25, -0.2) is 9.97 Å². The zero-order chi connectivity index (χ0) is 16.9. The lowest BCUT2D eigenvalue weighted by molar-refractivity contribution is 0.397. The number of benzene rings is 1. The highest BCUT2D eigenvalue weighted by atomic mass is 16.5. The number of hydrogen-bond donors (Lipinski definition) is 0. The van der Waals surface area contributed by atoms with Crippen molar-refractivity contribution < 1.29 is 14.2 Å². The molecule has 0 saturated carbocycles. The molecule has 0 fully saturated rings. The van der Waals surface area contributed by atoms with E-state index in [9.17, 15) is 0 Å². The van der Waals surface area contributed by atoms with Gasteiger partial charge in [-0.2, -0.15) is 0 Å². The van der Waals surface area contributed by atoms with Crippen LogP contribution < -0.4 is 14.2 Å². The van der Waals surface area contributed by atoms with E-state index in [0.29, 0.717) is 12.4 Å². The third-order valence-electron chi connectivity index (χ3n) is 3.75. The van der Waals surface area contributed by atoms with Crippen molar-refractivity contribution in [2.24, 2.45) is 0 Å². The lowest BCUT2D eigenvalue weighted by Gasteiger charge is -2.13. The van der Waals surface area contributed by atoms with Crippen LogP contribution in [0.3, 0.4) is 0 Å². The monoisotopic (exact) mass is 325 g/mol. The molecule has 2 aromatic heterocycles. The van der Waals surface area contributed by atoms with Crippen molar-refractivity contribution in [2.45, 2.75) is 6.54 Å². The molecule has 6 heteroatoms. The van der Waals surface area contributed by atoms with E-state index >= 15 is 0 Å². The Hall–Kier alpha value is -3.02. The van der Waals surface area contributed by atoms with Crippen LogP contribution in [0.1, 0.15) is 5.56 Å². The highest BCUT2D eigenvalue weighted by Gasteiger charge is 2.11. The van der Waals surface area contributed by atoms with E-state index in [2.05, 4.69) is 9.97 Å². The predicted octanol–water partition coefficient (Wildman–Crippen LogP) is 3.02. The standard InChI is InChI=1S/C18H19N3O3/c1-22-15-4-5-16(23-2)14(10-15)12-21-9-8-20-18(21)13-6-7-19-17(11-13)24-3/h4-11H,12H2,1-3H3. The normalized spacial score (nSPS) is 10.5. The number of imidazole rings is 1. The van der Waals surface area contributed by atoms with Crippen molar-refractivity contribution in [1.29, 1.82) is 0 Å². The molecule has 0 spiro atoms. The molecule has 24 heavy (non-hydrogen) atoms. The predicted molar refractivity (Wildman–Crippen MR) is 90.7 cm³/mol. The molecular weight excluding hydrogens is 306 g/mol. The first kappa shape index (κ1) is 15.9. The molecule has 124 valence electrons. The van der Waals surface area contributed by atoms with Crippen LogP contribution in [-0.2, 0) is 6.54 Å². The van der Waals surface area contributed by atoms with Crippen molar-refractivity contribution in [3.63, 3.8) is 0 Å². The SMILES string of the molecule is COc1ccc(OC)c(Cn2ccnc2-c2ccnc(OC)c2)c1. The average Bonchev–Trinajstić information content (AvgIpc) is 3.09. The fourth-order valence-electron chi connectivity index (χ4n) is 2.55. The van der Waals surface area contributed by atoms with Crippen molar-refractivity contribution in [3.8, 4) is 28.8 Å². The summed E-state index contributed by atoms with van der Waals surface area (Å²) in [4.78, 5) is 8.60. The lowest BCUT2D eigenvalue weighted by Crippen LogP contribution is -2.04. The van der Waals surface area contributed by atoms with E-state index in [1.807, 2.05) is 41.1 Å². The molecule has 0 N–H and O–H groups in total. The molecule has 0 atom stereocenters. The molecule has 0 aliphatic carbocycles. The summed E-state index contributed by atoms with van der Waals surface area (Å²) in [5.74, 6) is 2.99. The Morgan fingerprint density at radius 2 is 1.79 bits per heavy atom. The second kappa shape index (κ2) is 7.04. The summed E-state index contributed by atoms with van der Waals surface area (Å²) in [5.41, 5.74) is 1.95. The van der Waals surface area contributed by atoms with Crippen molar-refractivity contribution in [3.05, 3.63) is 54.5 Å². The molecule has 3 rings (SSSR count). The third kappa shape index (κ3) is 3.17. The number of methoxy groups -OCH3 is 3. The molecular formula is C18H19N3O3. The summed E-state index contributed by atoms with van der Waals surface area (Å²) in [6, 6.07) is 9.52. The highest BCUT2D eigenvalue weighted by molar-refractivity contribution is 5.57. The van der Waals surface area contributed by atoms with E-state index in [1.165, 1.54) is 0 Å². The van der Waals surface area contributed by atoms with E-state index in [4.69, 9.17) is 14.2 Å². The zero-order valence-electron chi connectivity index (χ0n) is 13.9. The van der Waals surface area contributed by atoms with Crippen LogP contribution in [0.5, 0.6) is 17.4 Å². The second-order valence-corrected chi connectivity index (χ2v) is 5.14. The van der Waals surface area contributed by atoms with Gasteiger partial charge in [-0.15, -0.1) is 0 Å². The smallest absolute Gasteiger partial charge is 0.213 e. The molecule has 6 nitrogen and oxygen atoms in total. The summed E-state index contributed by atoms with van der Waals surface area (Å²) >= 11 is 0. The minimum absolute atomic E-state index is 0.556. The van der Waals surface area contributed by atoms with E-state index in [-0.39, 0.29) is 0 Å². The van der Waals surface area contributed by atoms with Gasteiger partial charge >= 0.3 is 0 Å². The van der Waals surface area contributed by atoms with Gasteiger partial charge in [-0.3, -0.25) is 0 Å². The number of ether oxygens (including phenoxy) is 3. The lowest BCUT2D eigenvalue weighted by atomic mass is 10.1. The number of nitrogens with zero attached hydrogens (tertiary/aromatic N) is 3. The first-order valence-corrected chi connectivity index (χ1v) is 7.47. The maximum absolute atomic E-state index is 5.46. The number of hydrogen-bond acceptors (Lipinski definition) is 5. The largest absolute Gasteiger partial charge is 0.497 e. The number of pyridine rings is 1. The summed E-state index contributed by atoms with van der Waals surface area (Å²) < 4.78 is 18.0. The maximum Gasteiger partial charge on any atom is 0.213 e. The van der Waals surface area contributed by atoms with Gasteiger partial charge in [0.05, 0.1) is 27.9 Å². The molecule has 0 aliphatic heterocycles. The molecule has 0 unspecified atom stereocenters. The van der Waals surface area contributed by atoms with Crippen molar-refractivity contribution >= 4 is 0 Å². The van der Waals surface area contributed by atoms with Crippen LogP contribution in [0.25, 0.3) is 11.4 Å². The van der Waals surface area contributed by atoms with E-state index in [1.54, 1.807) is 33.7 Å². The molecule has 0 amide bonds. The summed E-state index contributed by atoms with van der Waals surface area (Å²) in [7, 11) is 4.91. The summed E-state index contributed by atoms with van der Waals surface area (Å²) in [6.45, 7) is 0.611. The van der Waals surface area contributed by atoms with Crippen LogP contribution in [-0.4, -0.2) is 35.9 Å². The van der Waals surface area contributed by atoms with Gasteiger partial charge in [0.2, 0.25) is 5.88 Å². The Kier molecular flexibility index (Phi) is 4.65. The molecule has 0 bridgehead atoms. The minimum Gasteiger partial charge on any atom is -0.497 e. The highest BCUT2D eigenvalue weighted by Crippen LogP contribution is 2.27. The molecule has 1 aromatic carbocycles. The molecule has 0 radical (unpaired) electrons. The molecule has 3 aromatic rings. The molecule has 2 heterocycles. The zero-order valence-corrected chi connectivity index (χ0v) is 13.9. The maximum atomic E-state index is 5.46. The van der Waals surface area contributed by atoms with Gasteiger partial charge in [0.25, 0.3) is 0 Å². The van der Waals surface area contributed by atoms with E-state index < -0.39 is 0 Å². The fraction of sp³-hybridized carbons (Fsp3) is 0.222. The molecule has 0 saturated heterocycles. The van der Waals surface area contributed by atoms with E-state index in [0.717, 1.165) is 28.5 Å². The van der Waals surface area contributed by atoms with Gasteiger partial charge in [0.15, 0.2) is 0 Å². The van der Waals surface area contributed by atoms with Crippen LogP contribution >= 0.6 is 0 Å². The Morgan fingerprint density at radius 3 is 2.54 bits per heavy atom. The van der Waals surface area contributed by atoms with Gasteiger partial charge in [-0.1, -0.05) is 0 Å². The second-order valence-electron chi connectivity index (χ2n) is 5.14. The number of rotatable bonds is 6. The summed E-state index contributed by atoms with van der Waals surface area (Å²) in [5, 5.41) is 0. The van der Waals surface area contributed by atoms with Crippen LogP contribution in [0.15, 0.2) is 48.9 Å². The fourth-order valence-corrected chi connectivity index (χ4v) is 2.55. The first-order valence-electron chi connectivity index (χ1n) is 7.47. The Morgan fingerprint density at radius 1 is 0.917 bits per heavy atom. The first-order chi connectivity index (χ1) is 11.7. The van der Waals surface area contributed by atoms with Gasteiger partial charge in [0, 0.05) is 35.8 Å². The quantitative estimate of drug-likeness (QED) is 0.697. The Labute approximate surface area is 140 Å². The van der Waals surface area contributed by atoms with Crippen LogP contribution in [0.2, 0.25) is 0 Å².